The standard InChI is InChI=1S/C15H23N3O3/c1-14(2)9-17(10-15(3,4)21-14)8-11-5-6-13(18(19)20)12(16)7-11/h5-7H,8-10,16H2,1-4H3. The fourth-order valence-electron chi connectivity index (χ4n) is 3.18. The molecule has 0 amide bonds. The summed E-state index contributed by atoms with van der Waals surface area (Å²) in [6, 6.07) is 4.93. The minimum absolute atomic E-state index is 0.0404. The largest absolute Gasteiger partial charge is 0.393 e. The molecule has 0 unspecified atom stereocenters. The number of ether oxygens (including phenoxy) is 1. The van der Waals surface area contributed by atoms with E-state index in [4.69, 9.17) is 10.5 Å². The lowest BCUT2D eigenvalue weighted by Gasteiger charge is -2.47. The highest BCUT2D eigenvalue weighted by Crippen LogP contribution is 2.30. The van der Waals surface area contributed by atoms with E-state index >= 15 is 0 Å². The summed E-state index contributed by atoms with van der Waals surface area (Å²) >= 11 is 0. The Morgan fingerprint density at radius 2 is 1.86 bits per heavy atom. The lowest BCUT2D eigenvalue weighted by atomic mass is 9.98. The molecular formula is C15H23N3O3. The number of hydrogen-bond donors (Lipinski definition) is 1. The van der Waals surface area contributed by atoms with Crippen LogP contribution in [0.4, 0.5) is 11.4 Å². The van der Waals surface area contributed by atoms with Crippen LogP contribution < -0.4 is 5.73 Å². The van der Waals surface area contributed by atoms with E-state index in [0.29, 0.717) is 6.54 Å². The van der Waals surface area contributed by atoms with Crippen molar-refractivity contribution in [2.45, 2.75) is 45.4 Å². The summed E-state index contributed by atoms with van der Waals surface area (Å²) in [6.07, 6.45) is 0. The maximum Gasteiger partial charge on any atom is 0.292 e. The van der Waals surface area contributed by atoms with E-state index in [1.165, 1.54) is 6.07 Å². The minimum Gasteiger partial charge on any atom is -0.393 e. The number of nitrogen functional groups attached to an aromatic ring is 1. The zero-order valence-electron chi connectivity index (χ0n) is 13.0. The first-order valence-corrected chi connectivity index (χ1v) is 7.03. The van der Waals surface area contributed by atoms with Crippen molar-refractivity contribution in [3.8, 4) is 0 Å². The highest BCUT2D eigenvalue weighted by Gasteiger charge is 2.37. The van der Waals surface area contributed by atoms with Gasteiger partial charge < -0.3 is 10.5 Å². The van der Waals surface area contributed by atoms with Gasteiger partial charge in [-0.25, -0.2) is 0 Å². The quantitative estimate of drug-likeness (QED) is 0.526. The van der Waals surface area contributed by atoms with E-state index in [0.717, 1.165) is 18.7 Å². The topological polar surface area (TPSA) is 81.6 Å². The number of hydrogen-bond acceptors (Lipinski definition) is 5. The highest BCUT2D eigenvalue weighted by atomic mass is 16.6. The van der Waals surface area contributed by atoms with E-state index in [-0.39, 0.29) is 22.6 Å². The number of nitro groups is 1. The SMILES string of the molecule is CC1(C)CN(Cc2ccc([N+](=O)[O-])c(N)c2)CC(C)(C)O1. The third-order valence-corrected chi connectivity index (χ3v) is 3.46. The van der Waals surface area contributed by atoms with Gasteiger partial charge >= 0.3 is 0 Å². The molecule has 0 aliphatic carbocycles. The predicted octanol–water partition coefficient (Wildman–Crippen LogP) is 2.57. The Bertz CT molecular complexity index is 539. The van der Waals surface area contributed by atoms with Gasteiger partial charge in [0.15, 0.2) is 0 Å². The summed E-state index contributed by atoms with van der Waals surface area (Å²) in [5.41, 5.74) is 6.47. The molecule has 2 rings (SSSR count). The summed E-state index contributed by atoms with van der Waals surface area (Å²) in [5, 5.41) is 10.8. The molecule has 0 aromatic heterocycles. The van der Waals surface area contributed by atoms with Gasteiger partial charge in [0, 0.05) is 25.7 Å². The van der Waals surface area contributed by atoms with E-state index in [1.807, 2.05) is 0 Å². The average Bonchev–Trinajstić information content (AvgIpc) is 2.23. The maximum atomic E-state index is 10.8. The molecule has 1 saturated heterocycles. The van der Waals surface area contributed by atoms with Crippen LogP contribution in [0, 0.1) is 10.1 Å². The first-order chi connectivity index (χ1) is 9.58. The monoisotopic (exact) mass is 293 g/mol. The van der Waals surface area contributed by atoms with Gasteiger partial charge in [-0.2, -0.15) is 0 Å². The third kappa shape index (κ3) is 3.92. The summed E-state index contributed by atoms with van der Waals surface area (Å²) in [4.78, 5) is 12.6. The molecule has 0 spiro atoms. The molecule has 1 aromatic rings. The maximum absolute atomic E-state index is 10.8. The number of nitro benzene ring substituents is 1. The summed E-state index contributed by atoms with van der Waals surface area (Å²) in [5.74, 6) is 0. The molecular weight excluding hydrogens is 270 g/mol. The number of nitrogens with two attached hydrogens (primary N) is 1. The molecule has 116 valence electrons. The van der Waals surface area contributed by atoms with Crippen molar-refractivity contribution < 1.29 is 9.66 Å². The van der Waals surface area contributed by atoms with Gasteiger partial charge in [-0.05, 0) is 39.3 Å². The van der Waals surface area contributed by atoms with E-state index in [9.17, 15) is 10.1 Å². The van der Waals surface area contributed by atoms with Gasteiger partial charge in [0.1, 0.15) is 5.69 Å². The first kappa shape index (κ1) is 15.7. The molecule has 1 aliphatic rings. The van der Waals surface area contributed by atoms with Crippen LogP contribution in [0.15, 0.2) is 18.2 Å². The van der Waals surface area contributed by atoms with Crippen molar-refractivity contribution in [1.82, 2.24) is 4.90 Å². The summed E-state index contributed by atoms with van der Waals surface area (Å²) in [7, 11) is 0. The van der Waals surface area contributed by atoms with Crippen LogP contribution in [-0.4, -0.2) is 34.1 Å². The van der Waals surface area contributed by atoms with Crippen LogP contribution in [0.1, 0.15) is 33.3 Å². The van der Waals surface area contributed by atoms with Gasteiger partial charge in [-0.3, -0.25) is 15.0 Å². The molecule has 0 bridgehead atoms. The Labute approximate surface area is 125 Å². The van der Waals surface area contributed by atoms with Crippen LogP contribution in [0.5, 0.6) is 0 Å². The molecule has 0 atom stereocenters. The zero-order chi connectivity index (χ0) is 15.8. The van der Waals surface area contributed by atoms with Crippen LogP contribution in [-0.2, 0) is 11.3 Å². The second-order valence-electron chi connectivity index (χ2n) is 6.92. The van der Waals surface area contributed by atoms with Crippen LogP contribution in [0.25, 0.3) is 0 Å². The van der Waals surface area contributed by atoms with Crippen molar-refractivity contribution in [1.29, 1.82) is 0 Å². The molecule has 1 aliphatic heterocycles. The Morgan fingerprint density at radius 1 is 1.29 bits per heavy atom. The normalized spacial score (nSPS) is 21.1. The van der Waals surface area contributed by atoms with Gasteiger partial charge in [0.05, 0.1) is 16.1 Å². The second-order valence-corrected chi connectivity index (χ2v) is 6.92. The van der Waals surface area contributed by atoms with E-state index in [2.05, 4.69) is 32.6 Å². The minimum atomic E-state index is -0.458. The molecule has 21 heavy (non-hydrogen) atoms. The Morgan fingerprint density at radius 3 is 2.33 bits per heavy atom. The number of nitrogens with zero attached hydrogens (tertiary/aromatic N) is 2. The van der Waals surface area contributed by atoms with Crippen LogP contribution >= 0.6 is 0 Å². The smallest absolute Gasteiger partial charge is 0.292 e. The molecule has 2 N–H and O–H groups in total. The molecule has 1 heterocycles. The molecule has 6 nitrogen and oxygen atoms in total. The average molecular weight is 293 g/mol. The van der Waals surface area contributed by atoms with E-state index < -0.39 is 4.92 Å². The molecule has 0 radical (unpaired) electrons. The molecule has 6 heteroatoms. The van der Waals surface area contributed by atoms with Crippen molar-refractivity contribution in [2.75, 3.05) is 18.8 Å². The highest BCUT2D eigenvalue weighted by molar-refractivity contribution is 5.59. The van der Waals surface area contributed by atoms with Crippen LogP contribution in [0.3, 0.4) is 0 Å². The van der Waals surface area contributed by atoms with Crippen LogP contribution in [0.2, 0.25) is 0 Å². The van der Waals surface area contributed by atoms with Gasteiger partial charge in [-0.15, -0.1) is 0 Å². The molecule has 1 aromatic carbocycles. The summed E-state index contributed by atoms with van der Waals surface area (Å²) < 4.78 is 6.05. The number of anilines is 1. The number of rotatable bonds is 3. The number of benzene rings is 1. The van der Waals surface area contributed by atoms with Gasteiger partial charge in [0.25, 0.3) is 5.69 Å². The van der Waals surface area contributed by atoms with Crippen molar-refractivity contribution >= 4 is 11.4 Å². The van der Waals surface area contributed by atoms with Crippen molar-refractivity contribution in [3.63, 3.8) is 0 Å². The van der Waals surface area contributed by atoms with Gasteiger partial charge in [-0.1, -0.05) is 6.07 Å². The Balaban J connectivity index is 2.14. The van der Waals surface area contributed by atoms with Gasteiger partial charge in [0.2, 0.25) is 0 Å². The Kier molecular flexibility index (Phi) is 3.95. The fourth-order valence-corrected chi connectivity index (χ4v) is 3.18. The first-order valence-electron chi connectivity index (χ1n) is 7.03. The third-order valence-electron chi connectivity index (χ3n) is 3.46. The van der Waals surface area contributed by atoms with Crippen molar-refractivity contribution in [3.05, 3.63) is 33.9 Å². The predicted molar refractivity (Wildman–Crippen MR) is 82.0 cm³/mol. The number of morpholine rings is 1. The fraction of sp³-hybridized carbons (Fsp3) is 0.600. The lowest BCUT2D eigenvalue weighted by molar-refractivity contribution is -0.383. The molecule has 0 saturated carbocycles. The summed E-state index contributed by atoms with van der Waals surface area (Å²) in [6.45, 7) is 10.6. The van der Waals surface area contributed by atoms with E-state index in [1.54, 1.807) is 12.1 Å². The molecule has 1 fully saturated rings. The second kappa shape index (κ2) is 5.27. The lowest BCUT2D eigenvalue weighted by Crippen LogP contribution is -2.56. The van der Waals surface area contributed by atoms with Crippen molar-refractivity contribution in [2.24, 2.45) is 0 Å². The zero-order valence-corrected chi connectivity index (χ0v) is 13.0. The Hall–Kier alpha value is -1.66.